The molecule has 0 fully saturated rings. The third kappa shape index (κ3) is 4.95. The lowest BCUT2D eigenvalue weighted by atomic mass is 10.1. The van der Waals surface area contributed by atoms with E-state index in [9.17, 15) is 4.79 Å². The highest BCUT2D eigenvalue weighted by Crippen LogP contribution is 2.37. The van der Waals surface area contributed by atoms with E-state index in [-0.39, 0.29) is 5.91 Å². The smallest absolute Gasteiger partial charge is 0.261 e. The van der Waals surface area contributed by atoms with Crippen LogP contribution in [0.1, 0.15) is 12.5 Å². The largest absolute Gasteiger partial charge is 0.493 e. The maximum absolute atomic E-state index is 11.8. The van der Waals surface area contributed by atoms with Crippen molar-refractivity contribution in [3.05, 3.63) is 35.4 Å². The second-order valence-electron chi connectivity index (χ2n) is 4.44. The third-order valence-corrected chi connectivity index (χ3v) is 3.09. The van der Waals surface area contributed by atoms with Crippen LogP contribution in [0.5, 0.6) is 11.5 Å². The molecule has 0 aromatic heterocycles. The summed E-state index contributed by atoms with van der Waals surface area (Å²) >= 11 is 6.21. The van der Waals surface area contributed by atoms with Gasteiger partial charge in [-0.2, -0.15) is 0 Å². The Morgan fingerprint density at radius 3 is 2.86 bits per heavy atom. The van der Waals surface area contributed by atoms with Crippen LogP contribution < -0.4 is 20.5 Å². The quantitative estimate of drug-likeness (QED) is 0.719. The summed E-state index contributed by atoms with van der Waals surface area (Å²) in [5.74, 6) is 0.578. The number of ether oxygens (including phenoxy) is 2. The Kier molecular flexibility index (Phi) is 7.05. The van der Waals surface area contributed by atoms with Gasteiger partial charge in [0.1, 0.15) is 0 Å². The molecule has 1 aromatic carbocycles. The van der Waals surface area contributed by atoms with Crippen LogP contribution in [0.15, 0.2) is 24.8 Å². The zero-order valence-electron chi connectivity index (χ0n) is 12.3. The van der Waals surface area contributed by atoms with Crippen molar-refractivity contribution in [1.29, 1.82) is 0 Å². The molecule has 0 saturated heterocycles. The van der Waals surface area contributed by atoms with Crippen molar-refractivity contribution in [3.63, 3.8) is 0 Å². The number of halogens is 1. The van der Waals surface area contributed by atoms with Crippen molar-refractivity contribution in [2.75, 3.05) is 20.2 Å². The molecule has 3 N–H and O–H groups in total. The Morgan fingerprint density at radius 1 is 1.57 bits per heavy atom. The lowest BCUT2D eigenvalue weighted by Crippen LogP contribution is -2.36. The number of hydrogen-bond donors (Lipinski definition) is 2. The predicted molar refractivity (Wildman–Crippen MR) is 84.1 cm³/mol. The number of nitrogens with two attached hydrogens (primary N) is 1. The van der Waals surface area contributed by atoms with E-state index < -0.39 is 6.10 Å². The van der Waals surface area contributed by atoms with Crippen LogP contribution in [0.4, 0.5) is 0 Å². The predicted octanol–water partition coefficient (Wildman–Crippen LogP) is 1.92. The molecule has 1 amide bonds. The van der Waals surface area contributed by atoms with Crippen LogP contribution in [0, 0.1) is 0 Å². The van der Waals surface area contributed by atoms with Gasteiger partial charge in [0.05, 0.1) is 12.1 Å². The summed E-state index contributed by atoms with van der Waals surface area (Å²) in [6.45, 7) is 6.07. The van der Waals surface area contributed by atoms with Crippen molar-refractivity contribution >= 4 is 17.5 Å². The van der Waals surface area contributed by atoms with E-state index in [4.69, 9.17) is 26.8 Å². The third-order valence-electron chi connectivity index (χ3n) is 2.81. The SMILES string of the molecule is C=CCNC(=O)C(C)Oc1c(Cl)cc(CCN)cc1OC. The molecule has 1 rings (SSSR count). The molecule has 0 aliphatic rings. The number of hydrogen-bond acceptors (Lipinski definition) is 4. The number of carbonyl (C=O) groups is 1. The van der Waals surface area contributed by atoms with E-state index >= 15 is 0 Å². The minimum absolute atomic E-state index is 0.251. The minimum Gasteiger partial charge on any atom is -0.493 e. The summed E-state index contributed by atoms with van der Waals surface area (Å²) in [5.41, 5.74) is 6.49. The first-order chi connectivity index (χ1) is 10.0. The van der Waals surface area contributed by atoms with Crippen molar-refractivity contribution in [2.24, 2.45) is 5.73 Å². The topological polar surface area (TPSA) is 73.6 Å². The fraction of sp³-hybridized carbons (Fsp3) is 0.400. The molecule has 0 heterocycles. The molecule has 0 radical (unpaired) electrons. The van der Waals surface area contributed by atoms with Crippen LogP contribution in [0.25, 0.3) is 0 Å². The molecule has 1 aromatic rings. The Labute approximate surface area is 130 Å². The van der Waals surface area contributed by atoms with Gasteiger partial charge < -0.3 is 20.5 Å². The maximum Gasteiger partial charge on any atom is 0.261 e. The summed E-state index contributed by atoms with van der Waals surface area (Å²) in [6.07, 6.45) is 1.59. The Morgan fingerprint density at radius 2 is 2.29 bits per heavy atom. The number of nitrogens with one attached hydrogen (secondary N) is 1. The molecule has 1 atom stereocenters. The Bertz CT molecular complexity index is 506. The number of amides is 1. The Balaban J connectivity index is 2.91. The average molecular weight is 313 g/mol. The monoisotopic (exact) mass is 312 g/mol. The van der Waals surface area contributed by atoms with E-state index in [0.717, 1.165) is 5.56 Å². The molecule has 5 nitrogen and oxygen atoms in total. The molecule has 0 aliphatic heterocycles. The molecule has 116 valence electrons. The van der Waals surface area contributed by atoms with Crippen molar-refractivity contribution in [2.45, 2.75) is 19.4 Å². The summed E-state index contributed by atoms with van der Waals surface area (Å²) in [6, 6.07) is 3.57. The van der Waals surface area contributed by atoms with Crippen molar-refractivity contribution in [1.82, 2.24) is 5.32 Å². The minimum atomic E-state index is -0.697. The van der Waals surface area contributed by atoms with Gasteiger partial charge in [-0.05, 0) is 37.6 Å². The number of rotatable bonds is 8. The summed E-state index contributed by atoms with van der Waals surface area (Å²) in [7, 11) is 1.52. The molecule has 0 aliphatic carbocycles. The lowest BCUT2D eigenvalue weighted by molar-refractivity contribution is -0.127. The highest BCUT2D eigenvalue weighted by Gasteiger charge is 2.19. The fourth-order valence-corrected chi connectivity index (χ4v) is 2.02. The molecule has 21 heavy (non-hydrogen) atoms. The number of methoxy groups -OCH3 is 1. The molecule has 1 unspecified atom stereocenters. The van der Waals surface area contributed by atoms with E-state index in [2.05, 4.69) is 11.9 Å². The summed E-state index contributed by atoms with van der Waals surface area (Å²) in [4.78, 5) is 11.8. The van der Waals surface area contributed by atoms with E-state index in [1.54, 1.807) is 19.1 Å². The standard InChI is InChI=1S/C15H21ClN2O3/c1-4-7-18-15(19)10(2)21-14-12(16)8-11(5-6-17)9-13(14)20-3/h4,8-10H,1,5-7,17H2,2-3H3,(H,18,19). The average Bonchev–Trinajstić information content (AvgIpc) is 2.47. The van der Waals surface area contributed by atoms with Crippen LogP contribution in [-0.2, 0) is 11.2 Å². The van der Waals surface area contributed by atoms with Crippen LogP contribution in [-0.4, -0.2) is 32.2 Å². The molecule has 0 saturated carbocycles. The second-order valence-corrected chi connectivity index (χ2v) is 4.85. The van der Waals surface area contributed by atoms with E-state index in [0.29, 0.717) is 36.0 Å². The maximum atomic E-state index is 11.8. The van der Waals surface area contributed by atoms with Gasteiger partial charge in [-0.3, -0.25) is 4.79 Å². The zero-order chi connectivity index (χ0) is 15.8. The van der Waals surface area contributed by atoms with Crippen LogP contribution in [0.3, 0.4) is 0 Å². The highest BCUT2D eigenvalue weighted by molar-refractivity contribution is 6.32. The van der Waals surface area contributed by atoms with Gasteiger partial charge >= 0.3 is 0 Å². The zero-order valence-corrected chi connectivity index (χ0v) is 13.1. The highest BCUT2D eigenvalue weighted by atomic mass is 35.5. The van der Waals surface area contributed by atoms with E-state index in [1.807, 2.05) is 6.07 Å². The first kappa shape index (κ1) is 17.3. The van der Waals surface area contributed by atoms with Gasteiger partial charge in [0.2, 0.25) is 0 Å². The number of carbonyl (C=O) groups excluding carboxylic acids is 1. The molecular formula is C15H21ClN2O3. The van der Waals surface area contributed by atoms with E-state index in [1.165, 1.54) is 7.11 Å². The van der Waals surface area contributed by atoms with Crippen LogP contribution >= 0.6 is 11.6 Å². The van der Waals surface area contributed by atoms with Gasteiger partial charge in [0.15, 0.2) is 17.6 Å². The molecule has 6 heteroatoms. The van der Waals surface area contributed by atoms with Gasteiger partial charge in [-0.1, -0.05) is 17.7 Å². The molecular weight excluding hydrogens is 292 g/mol. The van der Waals surface area contributed by atoms with Gasteiger partial charge in [-0.25, -0.2) is 0 Å². The number of benzene rings is 1. The molecule has 0 bridgehead atoms. The second kappa shape index (κ2) is 8.54. The van der Waals surface area contributed by atoms with Gasteiger partial charge in [0.25, 0.3) is 5.91 Å². The fourth-order valence-electron chi connectivity index (χ4n) is 1.75. The summed E-state index contributed by atoms with van der Waals surface area (Å²) < 4.78 is 10.9. The van der Waals surface area contributed by atoms with Gasteiger partial charge in [-0.15, -0.1) is 6.58 Å². The Hall–Kier alpha value is -1.72. The van der Waals surface area contributed by atoms with Crippen molar-refractivity contribution in [3.8, 4) is 11.5 Å². The first-order valence-corrected chi connectivity index (χ1v) is 7.03. The molecule has 0 spiro atoms. The first-order valence-electron chi connectivity index (χ1n) is 6.65. The van der Waals surface area contributed by atoms with Gasteiger partial charge in [0, 0.05) is 6.54 Å². The normalized spacial score (nSPS) is 11.6. The summed E-state index contributed by atoms with van der Waals surface area (Å²) in [5, 5.41) is 3.05. The lowest BCUT2D eigenvalue weighted by Gasteiger charge is -2.18. The van der Waals surface area contributed by atoms with Crippen molar-refractivity contribution < 1.29 is 14.3 Å². The van der Waals surface area contributed by atoms with Crippen LogP contribution in [0.2, 0.25) is 5.02 Å².